The normalized spacial score (nSPS) is 14.7. The molecule has 0 aliphatic carbocycles. The van der Waals surface area contributed by atoms with Crippen molar-refractivity contribution in [2.45, 2.75) is 20.0 Å². The SMILES string of the molecule is CCn1cc(CN(C)c2cncc(C(=O)N3CCOCC3)n2)cn1. The highest BCUT2D eigenvalue weighted by Crippen LogP contribution is 2.13. The second-order valence-electron chi connectivity index (χ2n) is 5.73. The number of aryl methyl sites for hydroxylation is 1. The van der Waals surface area contributed by atoms with Crippen LogP contribution in [0.25, 0.3) is 0 Å². The van der Waals surface area contributed by atoms with E-state index < -0.39 is 0 Å². The average molecular weight is 330 g/mol. The largest absolute Gasteiger partial charge is 0.378 e. The molecule has 0 saturated carbocycles. The minimum Gasteiger partial charge on any atom is -0.378 e. The summed E-state index contributed by atoms with van der Waals surface area (Å²) >= 11 is 0. The van der Waals surface area contributed by atoms with Gasteiger partial charge in [0.15, 0.2) is 0 Å². The zero-order chi connectivity index (χ0) is 16.9. The summed E-state index contributed by atoms with van der Waals surface area (Å²) in [5.74, 6) is 0.568. The van der Waals surface area contributed by atoms with E-state index in [1.807, 2.05) is 35.9 Å². The zero-order valence-electron chi connectivity index (χ0n) is 14.1. The number of nitrogens with zero attached hydrogens (tertiary/aromatic N) is 6. The van der Waals surface area contributed by atoms with Gasteiger partial charge in [-0.3, -0.25) is 14.5 Å². The molecule has 0 aromatic carbocycles. The van der Waals surface area contributed by atoms with E-state index in [0.29, 0.717) is 44.4 Å². The van der Waals surface area contributed by atoms with Crippen LogP contribution in [0.1, 0.15) is 23.0 Å². The summed E-state index contributed by atoms with van der Waals surface area (Å²) in [5, 5.41) is 4.27. The van der Waals surface area contributed by atoms with Crippen molar-refractivity contribution < 1.29 is 9.53 Å². The Morgan fingerprint density at radius 1 is 1.29 bits per heavy atom. The van der Waals surface area contributed by atoms with Gasteiger partial charge in [0.1, 0.15) is 11.5 Å². The molecule has 3 heterocycles. The molecule has 1 aliphatic rings. The first-order chi connectivity index (χ1) is 11.7. The molecule has 0 N–H and O–H groups in total. The average Bonchev–Trinajstić information content (AvgIpc) is 3.09. The molecule has 2 aromatic rings. The van der Waals surface area contributed by atoms with Gasteiger partial charge >= 0.3 is 0 Å². The van der Waals surface area contributed by atoms with Crippen LogP contribution in [-0.2, 0) is 17.8 Å². The summed E-state index contributed by atoms with van der Waals surface area (Å²) in [7, 11) is 1.93. The van der Waals surface area contributed by atoms with E-state index in [9.17, 15) is 4.79 Å². The summed E-state index contributed by atoms with van der Waals surface area (Å²) in [6.07, 6.45) is 7.04. The van der Waals surface area contributed by atoms with Crippen molar-refractivity contribution in [2.75, 3.05) is 38.3 Å². The predicted molar refractivity (Wildman–Crippen MR) is 88.8 cm³/mol. The molecule has 128 valence electrons. The molecule has 2 aromatic heterocycles. The molecule has 24 heavy (non-hydrogen) atoms. The number of morpholine rings is 1. The van der Waals surface area contributed by atoms with E-state index in [-0.39, 0.29) is 5.91 Å². The lowest BCUT2D eigenvalue weighted by molar-refractivity contribution is 0.0299. The van der Waals surface area contributed by atoms with Gasteiger partial charge in [-0.05, 0) is 6.92 Å². The third-order valence-corrected chi connectivity index (χ3v) is 3.96. The van der Waals surface area contributed by atoms with Crippen LogP contribution in [-0.4, -0.2) is 63.9 Å². The number of carbonyl (C=O) groups is 1. The van der Waals surface area contributed by atoms with Crippen molar-refractivity contribution in [3.63, 3.8) is 0 Å². The Bertz CT molecular complexity index is 695. The molecule has 0 bridgehead atoms. The Labute approximate surface area is 141 Å². The van der Waals surface area contributed by atoms with Gasteiger partial charge in [0.05, 0.1) is 31.8 Å². The number of ether oxygens (including phenoxy) is 1. The molecule has 1 amide bonds. The first kappa shape index (κ1) is 16.4. The minimum absolute atomic E-state index is 0.0974. The van der Waals surface area contributed by atoms with Gasteiger partial charge in [-0.25, -0.2) is 4.98 Å². The van der Waals surface area contributed by atoms with Crippen LogP contribution in [0.5, 0.6) is 0 Å². The van der Waals surface area contributed by atoms with Gasteiger partial charge in [0, 0.05) is 45.0 Å². The van der Waals surface area contributed by atoms with Gasteiger partial charge in [0.25, 0.3) is 5.91 Å². The minimum atomic E-state index is -0.0974. The predicted octanol–water partition coefficient (Wildman–Crippen LogP) is 0.802. The second kappa shape index (κ2) is 7.39. The van der Waals surface area contributed by atoms with Gasteiger partial charge in [-0.2, -0.15) is 5.10 Å². The maximum atomic E-state index is 12.5. The molecule has 0 atom stereocenters. The van der Waals surface area contributed by atoms with Gasteiger partial charge < -0.3 is 14.5 Å². The number of anilines is 1. The van der Waals surface area contributed by atoms with Crippen molar-refractivity contribution in [3.8, 4) is 0 Å². The highest BCUT2D eigenvalue weighted by molar-refractivity contribution is 5.92. The summed E-state index contributed by atoms with van der Waals surface area (Å²) in [4.78, 5) is 24.9. The molecule has 8 nitrogen and oxygen atoms in total. The van der Waals surface area contributed by atoms with Crippen molar-refractivity contribution in [3.05, 3.63) is 36.0 Å². The lowest BCUT2D eigenvalue weighted by Crippen LogP contribution is -2.41. The second-order valence-corrected chi connectivity index (χ2v) is 5.73. The molecule has 1 fully saturated rings. The van der Waals surface area contributed by atoms with Crippen molar-refractivity contribution in [1.29, 1.82) is 0 Å². The molecule has 0 unspecified atom stereocenters. The van der Waals surface area contributed by atoms with Gasteiger partial charge in [-0.15, -0.1) is 0 Å². The summed E-state index contributed by atoms with van der Waals surface area (Å²) in [6, 6.07) is 0. The quantitative estimate of drug-likeness (QED) is 0.807. The van der Waals surface area contributed by atoms with E-state index in [1.165, 1.54) is 6.20 Å². The first-order valence-corrected chi connectivity index (χ1v) is 8.09. The Morgan fingerprint density at radius 3 is 2.79 bits per heavy atom. The summed E-state index contributed by atoms with van der Waals surface area (Å²) in [6.45, 7) is 5.87. The Kier molecular flexibility index (Phi) is 5.05. The van der Waals surface area contributed by atoms with E-state index in [0.717, 1.165) is 12.1 Å². The molecule has 0 radical (unpaired) electrons. The molecule has 8 heteroatoms. The van der Waals surface area contributed by atoms with E-state index in [4.69, 9.17) is 4.74 Å². The van der Waals surface area contributed by atoms with Crippen LogP contribution in [0.15, 0.2) is 24.8 Å². The lowest BCUT2D eigenvalue weighted by atomic mass is 10.3. The number of hydrogen-bond acceptors (Lipinski definition) is 6. The Balaban J connectivity index is 1.70. The number of rotatable bonds is 5. The smallest absolute Gasteiger partial charge is 0.274 e. The number of hydrogen-bond donors (Lipinski definition) is 0. The fraction of sp³-hybridized carbons (Fsp3) is 0.500. The van der Waals surface area contributed by atoms with Crippen LogP contribution in [0, 0.1) is 0 Å². The van der Waals surface area contributed by atoms with E-state index in [2.05, 4.69) is 15.1 Å². The Hall–Kier alpha value is -2.48. The monoisotopic (exact) mass is 330 g/mol. The molecule has 3 rings (SSSR count). The standard InChI is InChI=1S/C16H22N6O2/c1-3-22-12-13(8-18-22)11-20(2)15-10-17-9-14(19-15)16(23)21-4-6-24-7-5-21/h8-10,12H,3-7,11H2,1-2H3. The fourth-order valence-corrected chi connectivity index (χ4v) is 2.59. The van der Waals surface area contributed by atoms with Gasteiger partial charge in [0.2, 0.25) is 0 Å². The summed E-state index contributed by atoms with van der Waals surface area (Å²) < 4.78 is 7.16. The lowest BCUT2D eigenvalue weighted by Gasteiger charge is -2.26. The Morgan fingerprint density at radius 2 is 2.08 bits per heavy atom. The number of carbonyl (C=O) groups excluding carboxylic acids is 1. The van der Waals surface area contributed by atoms with Crippen LogP contribution < -0.4 is 4.90 Å². The van der Waals surface area contributed by atoms with Crippen LogP contribution in [0.2, 0.25) is 0 Å². The first-order valence-electron chi connectivity index (χ1n) is 8.09. The number of aromatic nitrogens is 4. The molecule has 0 spiro atoms. The van der Waals surface area contributed by atoms with Crippen LogP contribution >= 0.6 is 0 Å². The van der Waals surface area contributed by atoms with Crippen molar-refractivity contribution in [2.24, 2.45) is 0 Å². The third kappa shape index (κ3) is 3.70. The highest BCUT2D eigenvalue weighted by Gasteiger charge is 2.20. The maximum absolute atomic E-state index is 12.5. The van der Waals surface area contributed by atoms with Crippen molar-refractivity contribution in [1.82, 2.24) is 24.6 Å². The van der Waals surface area contributed by atoms with E-state index >= 15 is 0 Å². The van der Waals surface area contributed by atoms with Crippen LogP contribution in [0.3, 0.4) is 0 Å². The van der Waals surface area contributed by atoms with E-state index in [1.54, 1.807) is 11.1 Å². The molecular formula is C16H22N6O2. The van der Waals surface area contributed by atoms with Gasteiger partial charge in [-0.1, -0.05) is 0 Å². The van der Waals surface area contributed by atoms with Crippen molar-refractivity contribution >= 4 is 11.7 Å². The fourth-order valence-electron chi connectivity index (χ4n) is 2.59. The highest BCUT2D eigenvalue weighted by atomic mass is 16.5. The summed E-state index contributed by atoms with van der Waals surface area (Å²) in [5.41, 5.74) is 1.46. The van der Waals surface area contributed by atoms with Crippen LogP contribution in [0.4, 0.5) is 5.82 Å². The third-order valence-electron chi connectivity index (χ3n) is 3.96. The zero-order valence-corrected chi connectivity index (χ0v) is 14.1. The number of amides is 1. The topological polar surface area (TPSA) is 76.4 Å². The molecular weight excluding hydrogens is 308 g/mol. The maximum Gasteiger partial charge on any atom is 0.274 e. The molecule has 1 aliphatic heterocycles. The molecule has 1 saturated heterocycles.